The first-order valence-corrected chi connectivity index (χ1v) is 13.4. The summed E-state index contributed by atoms with van der Waals surface area (Å²) in [5.74, 6) is -0.656. The molecule has 7 nitrogen and oxygen atoms in total. The fraction of sp³-hybridized carbons (Fsp3) is 0.444. The SMILES string of the molecule is CSCC[C@@H](NC(=O)CC1(CNC(=O)OCC2c3ccccc3-c3ccccc32)CCC1)C(=O)O. The van der Waals surface area contributed by atoms with Gasteiger partial charge in [0.25, 0.3) is 0 Å². The van der Waals surface area contributed by atoms with Crippen LogP contribution in [0, 0.1) is 5.41 Å². The van der Waals surface area contributed by atoms with Crippen molar-refractivity contribution >= 4 is 29.7 Å². The van der Waals surface area contributed by atoms with E-state index in [1.54, 1.807) is 11.8 Å². The minimum atomic E-state index is -1.02. The van der Waals surface area contributed by atoms with Crippen LogP contribution >= 0.6 is 11.8 Å². The summed E-state index contributed by atoms with van der Waals surface area (Å²) in [5.41, 5.74) is 4.31. The highest BCUT2D eigenvalue weighted by molar-refractivity contribution is 7.98. The number of fused-ring (bicyclic) bond motifs is 3. The summed E-state index contributed by atoms with van der Waals surface area (Å²) in [4.78, 5) is 36.6. The molecule has 186 valence electrons. The van der Waals surface area contributed by atoms with Gasteiger partial charge in [-0.2, -0.15) is 11.8 Å². The van der Waals surface area contributed by atoms with Gasteiger partial charge in [0.15, 0.2) is 0 Å². The zero-order valence-corrected chi connectivity index (χ0v) is 20.7. The topological polar surface area (TPSA) is 105 Å². The van der Waals surface area contributed by atoms with Gasteiger partial charge in [0.1, 0.15) is 12.6 Å². The summed E-state index contributed by atoms with van der Waals surface area (Å²) in [6.07, 6.45) is 4.58. The average molecular weight is 497 g/mol. The molecule has 2 aliphatic carbocycles. The fourth-order valence-corrected chi connectivity index (χ4v) is 5.55. The molecule has 2 aromatic carbocycles. The molecule has 0 aliphatic heterocycles. The first kappa shape index (κ1) is 25.1. The van der Waals surface area contributed by atoms with E-state index in [9.17, 15) is 19.5 Å². The molecule has 3 N–H and O–H groups in total. The van der Waals surface area contributed by atoms with Crippen molar-refractivity contribution in [1.82, 2.24) is 10.6 Å². The van der Waals surface area contributed by atoms with E-state index >= 15 is 0 Å². The quantitative estimate of drug-likeness (QED) is 0.426. The summed E-state index contributed by atoms with van der Waals surface area (Å²) < 4.78 is 5.62. The summed E-state index contributed by atoms with van der Waals surface area (Å²) in [6, 6.07) is 15.5. The third-order valence-electron chi connectivity index (χ3n) is 7.15. The zero-order chi connectivity index (χ0) is 24.8. The minimum Gasteiger partial charge on any atom is -0.480 e. The second-order valence-electron chi connectivity index (χ2n) is 9.45. The Morgan fingerprint density at radius 2 is 1.71 bits per heavy atom. The van der Waals surface area contributed by atoms with Crippen LogP contribution in [0.1, 0.15) is 49.1 Å². The summed E-state index contributed by atoms with van der Waals surface area (Å²) in [5, 5.41) is 14.9. The molecule has 1 saturated carbocycles. The van der Waals surface area contributed by atoms with Gasteiger partial charge < -0.3 is 20.5 Å². The van der Waals surface area contributed by atoms with E-state index < -0.39 is 18.1 Å². The smallest absolute Gasteiger partial charge is 0.407 e. The maximum Gasteiger partial charge on any atom is 0.407 e. The average Bonchev–Trinajstić information content (AvgIpc) is 3.15. The van der Waals surface area contributed by atoms with Gasteiger partial charge >= 0.3 is 12.1 Å². The number of benzene rings is 2. The molecule has 0 aromatic heterocycles. The minimum absolute atomic E-state index is 0.00849. The van der Waals surface area contributed by atoms with Gasteiger partial charge in [-0.25, -0.2) is 9.59 Å². The lowest BCUT2D eigenvalue weighted by Crippen LogP contribution is -2.48. The maximum absolute atomic E-state index is 12.6. The number of carboxylic acid groups (broad SMARTS) is 1. The molecule has 0 spiro atoms. The molecule has 0 unspecified atom stereocenters. The van der Waals surface area contributed by atoms with Crippen molar-refractivity contribution in [1.29, 1.82) is 0 Å². The van der Waals surface area contributed by atoms with Gasteiger partial charge in [-0.15, -0.1) is 0 Å². The molecular weight excluding hydrogens is 464 g/mol. The van der Waals surface area contributed by atoms with Crippen LogP contribution in [-0.2, 0) is 14.3 Å². The standard InChI is InChI=1S/C27H32N2O5S/c1-35-14-11-23(25(31)32)29-24(30)15-27(12-6-13-27)17-28-26(33)34-16-22-20-9-4-2-7-18(20)19-8-3-5-10-21(19)22/h2-5,7-10,22-23H,6,11-17H2,1H3,(H,28,33)(H,29,30)(H,31,32)/t23-/m1/s1. The Hall–Kier alpha value is -3.00. The number of alkyl carbamates (subject to hydrolysis) is 1. The van der Waals surface area contributed by atoms with Crippen molar-refractivity contribution < 1.29 is 24.2 Å². The van der Waals surface area contributed by atoms with Crippen molar-refractivity contribution in [3.63, 3.8) is 0 Å². The Bertz CT molecular complexity index is 1040. The van der Waals surface area contributed by atoms with E-state index in [4.69, 9.17) is 4.74 Å². The highest BCUT2D eigenvalue weighted by Crippen LogP contribution is 2.45. The third kappa shape index (κ3) is 5.81. The monoisotopic (exact) mass is 496 g/mol. The van der Waals surface area contributed by atoms with E-state index in [0.717, 1.165) is 30.4 Å². The second-order valence-corrected chi connectivity index (χ2v) is 10.4. The Balaban J connectivity index is 1.29. The predicted octanol–water partition coefficient (Wildman–Crippen LogP) is 4.41. The number of hydrogen-bond acceptors (Lipinski definition) is 5. The molecule has 2 aromatic rings. The molecule has 2 aliphatic rings. The number of amides is 2. The van der Waals surface area contributed by atoms with Gasteiger partial charge in [-0.05, 0) is 58.9 Å². The van der Waals surface area contributed by atoms with Crippen LogP contribution in [0.2, 0.25) is 0 Å². The van der Waals surface area contributed by atoms with Crippen LogP contribution < -0.4 is 10.6 Å². The molecule has 35 heavy (non-hydrogen) atoms. The number of carbonyl (C=O) groups excluding carboxylic acids is 2. The fourth-order valence-electron chi connectivity index (χ4n) is 5.08. The van der Waals surface area contributed by atoms with Crippen LogP contribution in [-0.4, -0.2) is 54.3 Å². The van der Waals surface area contributed by atoms with E-state index in [0.29, 0.717) is 18.7 Å². The van der Waals surface area contributed by atoms with Crippen LogP contribution in [0.4, 0.5) is 4.79 Å². The van der Waals surface area contributed by atoms with Crippen molar-refractivity contribution in [2.24, 2.45) is 5.41 Å². The number of rotatable bonds is 11. The Morgan fingerprint density at radius 1 is 1.09 bits per heavy atom. The molecule has 0 radical (unpaired) electrons. The summed E-state index contributed by atoms with van der Waals surface area (Å²) >= 11 is 1.54. The molecule has 1 atom stereocenters. The first-order chi connectivity index (χ1) is 16.9. The van der Waals surface area contributed by atoms with Gasteiger partial charge in [0.2, 0.25) is 5.91 Å². The highest BCUT2D eigenvalue weighted by Gasteiger charge is 2.40. The molecule has 8 heteroatoms. The predicted molar refractivity (Wildman–Crippen MR) is 137 cm³/mol. The van der Waals surface area contributed by atoms with Crippen molar-refractivity contribution in [2.45, 2.75) is 44.1 Å². The molecule has 2 amide bonds. The molecular formula is C27H32N2O5S. The first-order valence-electron chi connectivity index (χ1n) is 12.0. The molecule has 0 heterocycles. The number of ether oxygens (including phenoxy) is 1. The largest absolute Gasteiger partial charge is 0.480 e. The lowest BCUT2D eigenvalue weighted by atomic mass is 9.66. The number of nitrogens with one attached hydrogen (secondary N) is 2. The van der Waals surface area contributed by atoms with E-state index in [1.165, 1.54) is 11.1 Å². The lowest BCUT2D eigenvalue weighted by molar-refractivity contribution is -0.142. The molecule has 0 saturated heterocycles. The van der Waals surface area contributed by atoms with Gasteiger partial charge in [0.05, 0.1) is 0 Å². The summed E-state index contributed by atoms with van der Waals surface area (Å²) in [6.45, 7) is 0.572. The van der Waals surface area contributed by atoms with Crippen molar-refractivity contribution in [2.75, 3.05) is 25.2 Å². The molecule has 1 fully saturated rings. The van der Waals surface area contributed by atoms with Crippen molar-refractivity contribution in [3.05, 3.63) is 59.7 Å². The maximum atomic E-state index is 12.6. The molecule has 0 bridgehead atoms. The van der Waals surface area contributed by atoms with Crippen LogP contribution in [0.5, 0.6) is 0 Å². The van der Waals surface area contributed by atoms with Crippen LogP contribution in [0.25, 0.3) is 11.1 Å². The van der Waals surface area contributed by atoms with Gasteiger partial charge in [-0.1, -0.05) is 55.0 Å². The highest BCUT2D eigenvalue weighted by atomic mass is 32.2. The number of carboxylic acids is 1. The van der Waals surface area contributed by atoms with E-state index in [2.05, 4.69) is 34.9 Å². The zero-order valence-electron chi connectivity index (χ0n) is 19.9. The van der Waals surface area contributed by atoms with E-state index in [-0.39, 0.29) is 30.3 Å². The van der Waals surface area contributed by atoms with Crippen LogP contribution in [0.15, 0.2) is 48.5 Å². The Morgan fingerprint density at radius 3 is 2.26 bits per heavy atom. The number of aliphatic carboxylic acids is 1. The van der Waals surface area contributed by atoms with Gasteiger partial charge in [0, 0.05) is 18.9 Å². The normalized spacial score (nSPS) is 16.4. The Kier molecular flexibility index (Phi) is 8.00. The summed E-state index contributed by atoms with van der Waals surface area (Å²) in [7, 11) is 0. The number of carbonyl (C=O) groups is 3. The molecule has 4 rings (SSSR count). The third-order valence-corrected chi connectivity index (χ3v) is 7.79. The van der Waals surface area contributed by atoms with E-state index in [1.807, 2.05) is 30.5 Å². The number of hydrogen-bond donors (Lipinski definition) is 3. The van der Waals surface area contributed by atoms with Crippen molar-refractivity contribution in [3.8, 4) is 11.1 Å². The number of thioether (sulfide) groups is 1. The van der Waals surface area contributed by atoms with Gasteiger partial charge in [-0.3, -0.25) is 4.79 Å². The van der Waals surface area contributed by atoms with Crippen LogP contribution in [0.3, 0.4) is 0 Å². The lowest BCUT2D eigenvalue weighted by Gasteiger charge is -2.41. The Labute approximate surface area is 210 Å². The second kappa shape index (κ2) is 11.2.